The van der Waals surface area contributed by atoms with Crippen LogP contribution in [-0.4, -0.2) is 29.8 Å². The van der Waals surface area contributed by atoms with Crippen LogP contribution in [0.3, 0.4) is 0 Å². The van der Waals surface area contributed by atoms with Crippen molar-refractivity contribution in [3.63, 3.8) is 0 Å². The second-order valence-electron chi connectivity index (χ2n) is 6.50. The molecule has 1 heterocycles. The van der Waals surface area contributed by atoms with Gasteiger partial charge >= 0.3 is 0 Å². The van der Waals surface area contributed by atoms with Gasteiger partial charge in [-0.15, -0.1) is 0 Å². The fraction of sp³-hybridized carbons (Fsp3) is 0.875. The Hall–Kier alpha value is -0.940. The van der Waals surface area contributed by atoms with Crippen molar-refractivity contribution in [1.29, 1.82) is 0 Å². The first-order valence-electron chi connectivity index (χ1n) is 8.18. The summed E-state index contributed by atoms with van der Waals surface area (Å²) in [6, 6.07) is 0.320. The molecule has 3 atom stereocenters. The van der Waals surface area contributed by atoms with Crippen LogP contribution in [-0.2, 0) is 4.74 Å². The highest BCUT2D eigenvalue weighted by Gasteiger charge is 2.37. The standard InChI is InChI=1S/C16H29N3O2/c1-6-9-17-11(4)13(10(2)3)16-18-15(19-21-16)14(20-5)12-7-8-12/h10-14,17H,6-9H2,1-5H3. The van der Waals surface area contributed by atoms with E-state index in [1.54, 1.807) is 7.11 Å². The zero-order chi connectivity index (χ0) is 15.4. The molecule has 120 valence electrons. The molecule has 0 aromatic carbocycles. The van der Waals surface area contributed by atoms with Crippen molar-refractivity contribution in [2.24, 2.45) is 11.8 Å². The molecule has 1 saturated carbocycles. The lowest BCUT2D eigenvalue weighted by Crippen LogP contribution is -2.35. The number of aromatic nitrogens is 2. The van der Waals surface area contributed by atoms with Crippen molar-refractivity contribution in [2.45, 2.75) is 65.0 Å². The van der Waals surface area contributed by atoms with Gasteiger partial charge in [-0.3, -0.25) is 0 Å². The number of hydrogen-bond donors (Lipinski definition) is 1. The number of nitrogens with one attached hydrogen (secondary N) is 1. The van der Waals surface area contributed by atoms with Gasteiger partial charge in [0.15, 0.2) is 0 Å². The Morgan fingerprint density at radius 2 is 2.05 bits per heavy atom. The van der Waals surface area contributed by atoms with Gasteiger partial charge in [0.1, 0.15) is 6.10 Å². The van der Waals surface area contributed by atoms with Crippen molar-refractivity contribution in [3.05, 3.63) is 11.7 Å². The summed E-state index contributed by atoms with van der Waals surface area (Å²) >= 11 is 0. The van der Waals surface area contributed by atoms with E-state index in [1.165, 1.54) is 12.8 Å². The summed E-state index contributed by atoms with van der Waals surface area (Å²) in [6.45, 7) is 9.78. The van der Waals surface area contributed by atoms with Gasteiger partial charge < -0.3 is 14.6 Å². The molecule has 0 spiro atoms. The Kier molecular flexibility index (Phi) is 5.76. The fourth-order valence-electron chi connectivity index (χ4n) is 2.98. The molecule has 0 saturated heterocycles. The topological polar surface area (TPSA) is 60.2 Å². The molecule has 2 rings (SSSR count). The quantitative estimate of drug-likeness (QED) is 0.757. The van der Waals surface area contributed by atoms with Gasteiger partial charge in [0.25, 0.3) is 0 Å². The minimum absolute atomic E-state index is 0.00535. The summed E-state index contributed by atoms with van der Waals surface area (Å²) in [7, 11) is 1.73. The third-order valence-corrected chi connectivity index (χ3v) is 4.27. The van der Waals surface area contributed by atoms with Crippen LogP contribution in [0.1, 0.15) is 70.7 Å². The summed E-state index contributed by atoms with van der Waals surface area (Å²) < 4.78 is 11.1. The maximum Gasteiger partial charge on any atom is 0.231 e. The van der Waals surface area contributed by atoms with E-state index in [9.17, 15) is 0 Å². The smallest absolute Gasteiger partial charge is 0.231 e. The molecule has 1 N–H and O–H groups in total. The van der Waals surface area contributed by atoms with Crippen molar-refractivity contribution >= 4 is 0 Å². The third-order valence-electron chi connectivity index (χ3n) is 4.27. The molecule has 0 aliphatic heterocycles. The third kappa shape index (κ3) is 4.04. The van der Waals surface area contributed by atoms with Gasteiger partial charge in [0, 0.05) is 13.2 Å². The van der Waals surface area contributed by atoms with Crippen LogP contribution in [0.25, 0.3) is 0 Å². The van der Waals surface area contributed by atoms with E-state index in [2.05, 4.69) is 43.2 Å². The number of ether oxygens (including phenoxy) is 1. The van der Waals surface area contributed by atoms with Gasteiger partial charge in [-0.05, 0) is 44.6 Å². The van der Waals surface area contributed by atoms with Crippen LogP contribution in [0, 0.1) is 11.8 Å². The first-order chi connectivity index (χ1) is 10.1. The maximum absolute atomic E-state index is 5.57. The van der Waals surface area contributed by atoms with Crippen LogP contribution >= 0.6 is 0 Å². The van der Waals surface area contributed by atoms with Crippen molar-refractivity contribution < 1.29 is 9.26 Å². The van der Waals surface area contributed by atoms with Crippen LogP contribution in [0.5, 0.6) is 0 Å². The zero-order valence-electron chi connectivity index (χ0n) is 13.9. The Morgan fingerprint density at radius 3 is 2.57 bits per heavy atom. The summed E-state index contributed by atoms with van der Waals surface area (Å²) in [6.07, 6.45) is 3.52. The predicted molar refractivity (Wildman–Crippen MR) is 82.1 cm³/mol. The van der Waals surface area contributed by atoms with Gasteiger partial charge in [-0.25, -0.2) is 0 Å². The zero-order valence-corrected chi connectivity index (χ0v) is 13.9. The molecular formula is C16H29N3O2. The normalized spacial score (nSPS) is 19.7. The van der Waals surface area contributed by atoms with Crippen LogP contribution < -0.4 is 5.32 Å². The molecular weight excluding hydrogens is 266 g/mol. The van der Waals surface area contributed by atoms with Crippen molar-refractivity contribution in [2.75, 3.05) is 13.7 Å². The highest BCUT2D eigenvalue weighted by Crippen LogP contribution is 2.42. The predicted octanol–water partition coefficient (Wildman–Crippen LogP) is 3.29. The number of nitrogens with zero attached hydrogens (tertiary/aromatic N) is 2. The molecule has 21 heavy (non-hydrogen) atoms. The Bertz CT molecular complexity index is 429. The number of hydrogen-bond acceptors (Lipinski definition) is 5. The molecule has 0 radical (unpaired) electrons. The van der Waals surface area contributed by atoms with E-state index >= 15 is 0 Å². The van der Waals surface area contributed by atoms with Crippen LogP contribution in [0.4, 0.5) is 0 Å². The molecule has 1 fully saturated rings. The number of methoxy groups -OCH3 is 1. The first kappa shape index (κ1) is 16.4. The fourth-order valence-corrected chi connectivity index (χ4v) is 2.98. The molecule has 5 heteroatoms. The molecule has 0 bridgehead atoms. The summed E-state index contributed by atoms with van der Waals surface area (Å²) in [5.41, 5.74) is 0. The second kappa shape index (κ2) is 7.36. The van der Waals surface area contributed by atoms with Crippen LogP contribution in [0.15, 0.2) is 4.52 Å². The summed E-state index contributed by atoms with van der Waals surface area (Å²) in [4.78, 5) is 4.65. The van der Waals surface area contributed by atoms with E-state index in [1.807, 2.05) is 0 Å². The first-order valence-corrected chi connectivity index (χ1v) is 8.18. The Morgan fingerprint density at radius 1 is 1.33 bits per heavy atom. The van der Waals surface area contributed by atoms with E-state index < -0.39 is 0 Å². The maximum atomic E-state index is 5.57. The highest BCUT2D eigenvalue weighted by molar-refractivity contribution is 5.04. The molecule has 5 nitrogen and oxygen atoms in total. The summed E-state index contributed by atoms with van der Waals surface area (Å²) in [5, 5.41) is 7.72. The molecule has 3 unspecified atom stereocenters. The molecule has 0 amide bonds. The monoisotopic (exact) mass is 295 g/mol. The largest absolute Gasteiger partial charge is 0.373 e. The Labute approximate surface area is 127 Å². The van der Waals surface area contributed by atoms with Crippen LogP contribution in [0.2, 0.25) is 0 Å². The average molecular weight is 295 g/mol. The highest BCUT2D eigenvalue weighted by atomic mass is 16.5. The minimum Gasteiger partial charge on any atom is -0.373 e. The lowest BCUT2D eigenvalue weighted by Gasteiger charge is -2.25. The van der Waals surface area contributed by atoms with E-state index in [-0.39, 0.29) is 12.0 Å². The molecule has 1 aliphatic carbocycles. The van der Waals surface area contributed by atoms with Gasteiger partial charge in [0.05, 0.1) is 5.92 Å². The Balaban J connectivity index is 2.11. The second-order valence-corrected chi connectivity index (χ2v) is 6.50. The average Bonchev–Trinajstić information content (AvgIpc) is 3.17. The minimum atomic E-state index is -0.00535. The lowest BCUT2D eigenvalue weighted by atomic mass is 9.89. The van der Waals surface area contributed by atoms with Crippen molar-refractivity contribution in [1.82, 2.24) is 15.5 Å². The molecule has 1 aromatic rings. The van der Waals surface area contributed by atoms with Gasteiger partial charge in [-0.1, -0.05) is 25.9 Å². The lowest BCUT2D eigenvalue weighted by molar-refractivity contribution is 0.0751. The summed E-state index contributed by atoms with van der Waals surface area (Å²) in [5.74, 6) is 2.69. The molecule has 1 aliphatic rings. The van der Waals surface area contributed by atoms with Gasteiger partial charge in [-0.2, -0.15) is 4.98 Å². The van der Waals surface area contributed by atoms with E-state index in [0.29, 0.717) is 23.7 Å². The van der Waals surface area contributed by atoms with Crippen molar-refractivity contribution in [3.8, 4) is 0 Å². The van der Waals surface area contributed by atoms with E-state index in [4.69, 9.17) is 9.26 Å². The van der Waals surface area contributed by atoms with E-state index in [0.717, 1.165) is 18.9 Å². The number of rotatable bonds is 9. The van der Waals surface area contributed by atoms with Gasteiger partial charge in [0.2, 0.25) is 11.7 Å². The SMILES string of the molecule is CCCNC(C)C(c1nc(C(OC)C2CC2)no1)C(C)C. The molecule has 1 aromatic heterocycles.